The molecule has 0 unspecified atom stereocenters. The number of nitrogens with one attached hydrogen (secondary N) is 3. The molecule has 4 aromatic rings. The lowest BCUT2D eigenvalue weighted by Gasteiger charge is -2.13. The highest BCUT2D eigenvalue weighted by Crippen LogP contribution is 2.34. The van der Waals surface area contributed by atoms with E-state index < -0.39 is 0 Å². The lowest BCUT2D eigenvalue weighted by atomic mass is 10.1. The number of benzene rings is 1. The standard InChI is InChI=1S/C21H23N7O/c1-12-8-20(23-2)28-21(25-12)26-13-4-5-19(29-3)15(9-13)17-10-16-14(6-7-24-16)18(11-22)27-17/h4-10,24H,11,22H2,1-3H3,(H2,23,25,26,28). The summed E-state index contributed by atoms with van der Waals surface area (Å²) in [6, 6.07) is 11.7. The molecule has 3 heterocycles. The lowest BCUT2D eigenvalue weighted by Crippen LogP contribution is -2.03. The second-order valence-electron chi connectivity index (χ2n) is 6.61. The van der Waals surface area contributed by atoms with Gasteiger partial charge in [-0.15, -0.1) is 0 Å². The summed E-state index contributed by atoms with van der Waals surface area (Å²) in [4.78, 5) is 16.9. The van der Waals surface area contributed by atoms with Crippen molar-refractivity contribution >= 4 is 28.4 Å². The minimum absolute atomic E-state index is 0.354. The van der Waals surface area contributed by atoms with Crippen LogP contribution in [0.25, 0.3) is 22.2 Å². The van der Waals surface area contributed by atoms with Gasteiger partial charge >= 0.3 is 0 Å². The minimum atomic E-state index is 0.354. The first-order valence-corrected chi connectivity index (χ1v) is 9.27. The van der Waals surface area contributed by atoms with Crippen LogP contribution in [0.4, 0.5) is 17.5 Å². The van der Waals surface area contributed by atoms with Crippen LogP contribution in [0.5, 0.6) is 5.75 Å². The van der Waals surface area contributed by atoms with Gasteiger partial charge in [0.05, 0.1) is 18.5 Å². The molecule has 0 amide bonds. The van der Waals surface area contributed by atoms with E-state index in [9.17, 15) is 0 Å². The molecule has 0 aliphatic heterocycles. The van der Waals surface area contributed by atoms with Gasteiger partial charge in [0.15, 0.2) is 0 Å². The molecule has 0 aliphatic carbocycles. The maximum absolute atomic E-state index is 5.92. The van der Waals surface area contributed by atoms with Crippen molar-refractivity contribution in [3.05, 3.63) is 54.0 Å². The minimum Gasteiger partial charge on any atom is -0.496 e. The third-order valence-corrected chi connectivity index (χ3v) is 4.66. The van der Waals surface area contributed by atoms with Crippen LogP contribution in [-0.4, -0.2) is 34.1 Å². The Morgan fingerprint density at radius 2 is 1.97 bits per heavy atom. The molecule has 148 valence electrons. The number of rotatable bonds is 6. The molecule has 0 radical (unpaired) electrons. The van der Waals surface area contributed by atoms with E-state index in [4.69, 9.17) is 15.5 Å². The number of hydrogen-bond acceptors (Lipinski definition) is 7. The van der Waals surface area contributed by atoms with E-state index in [0.29, 0.717) is 12.5 Å². The van der Waals surface area contributed by atoms with E-state index >= 15 is 0 Å². The molecule has 8 nitrogen and oxygen atoms in total. The fourth-order valence-corrected chi connectivity index (χ4v) is 3.29. The number of anilines is 3. The Labute approximate surface area is 168 Å². The molecule has 5 N–H and O–H groups in total. The largest absolute Gasteiger partial charge is 0.496 e. The van der Waals surface area contributed by atoms with Crippen molar-refractivity contribution in [2.75, 3.05) is 24.8 Å². The molecule has 0 aliphatic rings. The number of hydrogen-bond donors (Lipinski definition) is 4. The Kier molecular flexibility index (Phi) is 5.01. The van der Waals surface area contributed by atoms with Crippen molar-refractivity contribution in [1.82, 2.24) is 19.9 Å². The Bertz CT molecular complexity index is 1170. The van der Waals surface area contributed by atoms with Gasteiger partial charge in [-0.2, -0.15) is 4.98 Å². The normalized spacial score (nSPS) is 10.9. The molecule has 8 heteroatoms. The van der Waals surface area contributed by atoms with Crippen LogP contribution in [0, 0.1) is 6.92 Å². The van der Waals surface area contributed by atoms with Crippen LogP contribution in [0.15, 0.2) is 42.6 Å². The summed E-state index contributed by atoms with van der Waals surface area (Å²) in [7, 11) is 3.47. The molecule has 0 spiro atoms. The van der Waals surface area contributed by atoms with Gasteiger partial charge in [0.25, 0.3) is 0 Å². The number of aryl methyl sites for hydroxylation is 1. The number of aromatic amines is 1. The summed E-state index contributed by atoms with van der Waals surface area (Å²) in [5, 5.41) is 7.33. The molecule has 0 fully saturated rings. The summed E-state index contributed by atoms with van der Waals surface area (Å²) in [5.41, 5.74) is 11.1. The molecule has 0 bridgehead atoms. The number of aromatic nitrogens is 4. The average molecular weight is 389 g/mol. The summed E-state index contributed by atoms with van der Waals surface area (Å²) < 4.78 is 5.58. The Morgan fingerprint density at radius 3 is 2.72 bits per heavy atom. The first kappa shape index (κ1) is 18.7. The second-order valence-corrected chi connectivity index (χ2v) is 6.61. The van der Waals surface area contributed by atoms with E-state index in [1.165, 1.54) is 0 Å². The van der Waals surface area contributed by atoms with E-state index in [-0.39, 0.29) is 0 Å². The van der Waals surface area contributed by atoms with Gasteiger partial charge in [-0.1, -0.05) is 0 Å². The van der Waals surface area contributed by atoms with E-state index in [2.05, 4.69) is 25.6 Å². The predicted molar refractivity (Wildman–Crippen MR) is 116 cm³/mol. The van der Waals surface area contributed by atoms with E-state index in [1.807, 2.05) is 56.6 Å². The highest BCUT2D eigenvalue weighted by molar-refractivity contribution is 5.87. The third-order valence-electron chi connectivity index (χ3n) is 4.66. The maximum atomic E-state index is 5.92. The first-order chi connectivity index (χ1) is 14.1. The van der Waals surface area contributed by atoms with E-state index in [1.54, 1.807) is 7.11 Å². The second kappa shape index (κ2) is 7.76. The quantitative estimate of drug-likeness (QED) is 0.398. The Morgan fingerprint density at radius 1 is 1.10 bits per heavy atom. The molecule has 29 heavy (non-hydrogen) atoms. The van der Waals surface area contributed by atoms with Crippen LogP contribution in [0.2, 0.25) is 0 Å². The molecular formula is C21H23N7O. The van der Waals surface area contributed by atoms with Gasteiger partial charge in [0, 0.05) is 53.7 Å². The highest BCUT2D eigenvalue weighted by atomic mass is 16.5. The van der Waals surface area contributed by atoms with Crippen LogP contribution in [0.3, 0.4) is 0 Å². The van der Waals surface area contributed by atoms with Crippen molar-refractivity contribution < 1.29 is 4.74 Å². The fourth-order valence-electron chi connectivity index (χ4n) is 3.29. The van der Waals surface area contributed by atoms with Crippen molar-refractivity contribution in [3.8, 4) is 17.0 Å². The number of nitrogens with zero attached hydrogens (tertiary/aromatic N) is 3. The van der Waals surface area contributed by atoms with Crippen molar-refractivity contribution in [2.45, 2.75) is 13.5 Å². The molecule has 4 rings (SSSR count). The molecule has 0 atom stereocenters. The summed E-state index contributed by atoms with van der Waals surface area (Å²) in [6.07, 6.45) is 1.89. The summed E-state index contributed by atoms with van der Waals surface area (Å²) in [6.45, 7) is 2.28. The topological polar surface area (TPSA) is 114 Å². The third kappa shape index (κ3) is 3.70. The number of ether oxygens (including phenoxy) is 1. The van der Waals surface area contributed by atoms with Crippen LogP contribution >= 0.6 is 0 Å². The molecule has 0 saturated heterocycles. The van der Waals surface area contributed by atoms with Crippen molar-refractivity contribution in [3.63, 3.8) is 0 Å². The van der Waals surface area contributed by atoms with Gasteiger partial charge < -0.3 is 26.1 Å². The Hall–Kier alpha value is -3.65. The van der Waals surface area contributed by atoms with E-state index in [0.717, 1.165) is 50.8 Å². The van der Waals surface area contributed by atoms with Crippen molar-refractivity contribution in [1.29, 1.82) is 0 Å². The zero-order valence-electron chi connectivity index (χ0n) is 16.6. The number of H-pyrrole nitrogens is 1. The zero-order chi connectivity index (χ0) is 20.4. The van der Waals surface area contributed by atoms with Crippen LogP contribution in [0.1, 0.15) is 11.4 Å². The highest BCUT2D eigenvalue weighted by Gasteiger charge is 2.13. The molecular weight excluding hydrogens is 366 g/mol. The fraction of sp³-hybridized carbons (Fsp3) is 0.190. The maximum Gasteiger partial charge on any atom is 0.229 e. The summed E-state index contributed by atoms with van der Waals surface area (Å²) >= 11 is 0. The molecule has 3 aromatic heterocycles. The molecule has 0 saturated carbocycles. The Balaban J connectivity index is 1.77. The number of methoxy groups -OCH3 is 1. The number of pyridine rings is 1. The van der Waals surface area contributed by atoms with Crippen molar-refractivity contribution in [2.24, 2.45) is 5.73 Å². The van der Waals surface area contributed by atoms with Gasteiger partial charge in [-0.3, -0.25) is 4.98 Å². The zero-order valence-corrected chi connectivity index (χ0v) is 16.6. The number of nitrogens with two attached hydrogens (primary N) is 1. The van der Waals surface area contributed by atoms with Gasteiger partial charge in [-0.25, -0.2) is 4.98 Å². The smallest absolute Gasteiger partial charge is 0.229 e. The van der Waals surface area contributed by atoms with Gasteiger partial charge in [-0.05, 0) is 37.3 Å². The van der Waals surface area contributed by atoms with Gasteiger partial charge in [0.1, 0.15) is 11.6 Å². The number of fused-ring (bicyclic) bond motifs is 1. The van der Waals surface area contributed by atoms with Crippen LogP contribution < -0.4 is 21.1 Å². The monoisotopic (exact) mass is 389 g/mol. The SMILES string of the molecule is CNc1cc(C)nc(Nc2ccc(OC)c(-c3cc4[nH]ccc4c(CN)n3)c2)n1. The first-order valence-electron chi connectivity index (χ1n) is 9.27. The summed E-state index contributed by atoms with van der Waals surface area (Å²) in [5.74, 6) is 1.99. The predicted octanol–water partition coefficient (Wildman–Crippen LogP) is 3.58. The average Bonchev–Trinajstić information content (AvgIpc) is 3.21. The van der Waals surface area contributed by atoms with Gasteiger partial charge in [0.2, 0.25) is 5.95 Å². The molecule has 1 aromatic carbocycles. The van der Waals surface area contributed by atoms with Crippen LogP contribution in [-0.2, 0) is 6.54 Å². The lowest BCUT2D eigenvalue weighted by molar-refractivity contribution is 0.416.